The summed E-state index contributed by atoms with van der Waals surface area (Å²) in [5.41, 5.74) is 1.44. The first-order chi connectivity index (χ1) is 9.72. The Morgan fingerprint density at radius 1 is 1.10 bits per heavy atom. The third-order valence-corrected chi connectivity index (χ3v) is 4.03. The molecule has 20 heavy (non-hydrogen) atoms. The van der Waals surface area contributed by atoms with Crippen LogP contribution in [-0.4, -0.2) is 17.9 Å². The van der Waals surface area contributed by atoms with Crippen LogP contribution >= 0.6 is 11.8 Å². The SMILES string of the molecule is O=C(O)c1ccc(SCc2ccc3c(c2)OCO3)cc1. The monoisotopic (exact) mass is 288 g/mol. The normalized spacial score (nSPS) is 12.4. The van der Waals surface area contributed by atoms with Crippen LogP contribution in [0, 0.1) is 0 Å². The standard InChI is InChI=1S/C15H12O4S/c16-15(17)11-2-4-12(5-3-11)20-8-10-1-6-13-14(7-10)19-9-18-13/h1-7H,8-9H2,(H,16,17). The van der Waals surface area contributed by atoms with Crippen molar-refractivity contribution < 1.29 is 19.4 Å². The summed E-state index contributed by atoms with van der Waals surface area (Å²) in [7, 11) is 0. The van der Waals surface area contributed by atoms with Gasteiger partial charge in [-0.15, -0.1) is 11.8 Å². The average molecular weight is 288 g/mol. The maximum atomic E-state index is 10.8. The van der Waals surface area contributed by atoms with E-state index in [0.717, 1.165) is 27.7 Å². The van der Waals surface area contributed by atoms with Crippen molar-refractivity contribution >= 4 is 17.7 Å². The van der Waals surface area contributed by atoms with E-state index in [1.807, 2.05) is 30.3 Å². The van der Waals surface area contributed by atoms with Gasteiger partial charge in [0.1, 0.15) is 0 Å². The zero-order valence-corrected chi connectivity index (χ0v) is 11.4. The van der Waals surface area contributed by atoms with Gasteiger partial charge in [0.25, 0.3) is 0 Å². The fourth-order valence-corrected chi connectivity index (χ4v) is 2.73. The Labute approximate surface area is 120 Å². The lowest BCUT2D eigenvalue weighted by Crippen LogP contribution is -1.94. The number of carboxylic acid groups (broad SMARTS) is 1. The topological polar surface area (TPSA) is 55.8 Å². The van der Waals surface area contributed by atoms with E-state index in [0.29, 0.717) is 5.56 Å². The van der Waals surface area contributed by atoms with Crippen LogP contribution < -0.4 is 9.47 Å². The Morgan fingerprint density at radius 3 is 2.60 bits per heavy atom. The molecule has 0 spiro atoms. The number of benzene rings is 2. The van der Waals surface area contributed by atoms with Crippen LogP contribution in [0.4, 0.5) is 0 Å². The lowest BCUT2D eigenvalue weighted by molar-refractivity contribution is 0.0697. The van der Waals surface area contributed by atoms with Crippen LogP contribution in [0.3, 0.4) is 0 Å². The quantitative estimate of drug-likeness (QED) is 0.874. The van der Waals surface area contributed by atoms with Gasteiger partial charge in [0.05, 0.1) is 5.56 Å². The Morgan fingerprint density at radius 2 is 1.85 bits per heavy atom. The highest BCUT2D eigenvalue weighted by molar-refractivity contribution is 7.98. The predicted molar refractivity (Wildman–Crippen MR) is 75.5 cm³/mol. The Kier molecular flexibility index (Phi) is 3.52. The highest BCUT2D eigenvalue weighted by Gasteiger charge is 2.13. The minimum absolute atomic E-state index is 0.280. The second-order valence-electron chi connectivity index (χ2n) is 4.31. The third kappa shape index (κ3) is 2.72. The molecule has 0 radical (unpaired) electrons. The molecule has 0 atom stereocenters. The molecular formula is C15H12O4S. The molecule has 1 N–H and O–H groups in total. The zero-order chi connectivity index (χ0) is 13.9. The van der Waals surface area contributed by atoms with Crippen LogP contribution in [0.15, 0.2) is 47.4 Å². The molecule has 1 heterocycles. The Bertz CT molecular complexity index is 637. The van der Waals surface area contributed by atoms with E-state index >= 15 is 0 Å². The molecule has 2 aromatic rings. The van der Waals surface area contributed by atoms with E-state index in [9.17, 15) is 4.79 Å². The molecule has 0 aliphatic carbocycles. The van der Waals surface area contributed by atoms with Gasteiger partial charge in [0.15, 0.2) is 11.5 Å². The summed E-state index contributed by atoms with van der Waals surface area (Å²) in [6.07, 6.45) is 0. The number of ether oxygens (including phenoxy) is 2. The lowest BCUT2D eigenvalue weighted by atomic mass is 10.2. The van der Waals surface area contributed by atoms with Crippen LogP contribution in [0.2, 0.25) is 0 Å². The number of carbonyl (C=O) groups is 1. The van der Waals surface area contributed by atoms with E-state index in [-0.39, 0.29) is 6.79 Å². The first-order valence-corrected chi connectivity index (χ1v) is 7.05. The molecule has 5 heteroatoms. The average Bonchev–Trinajstić information content (AvgIpc) is 2.93. The van der Waals surface area contributed by atoms with Gasteiger partial charge in [-0.2, -0.15) is 0 Å². The maximum Gasteiger partial charge on any atom is 0.335 e. The molecular weight excluding hydrogens is 276 g/mol. The van der Waals surface area contributed by atoms with Gasteiger partial charge in [-0.05, 0) is 42.0 Å². The van der Waals surface area contributed by atoms with E-state index in [2.05, 4.69) is 0 Å². The van der Waals surface area contributed by atoms with Crippen molar-refractivity contribution in [2.75, 3.05) is 6.79 Å². The number of rotatable bonds is 4. The van der Waals surface area contributed by atoms with Crippen molar-refractivity contribution in [3.05, 3.63) is 53.6 Å². The third-order valence-electron chi connectivity index (χ3n) is 2.94. The first kappa shape index (κ1) is 12.9. The molecule has 102 valence electrons. The van der Waals surface area contributed by atoms with Gasteiger partial charge in [-0.1, -0.05) is 6.07 Å². The van der Waals surface area contributed by atoms with Crippen molar-refractivity contribution in [2.45, 2.75) is 10.6 Å². The number of carboxylic acids is 1. The fourth-order valence-electron chi connectivity index (χ4n) is 1.89. The highest BCUT2D eigenvalue weighted by Crippen LogP contribution is 2.34. The van der Waals surface area contributed by atoms with Crippen LogP contribution in [0.25, 0.3) is 0 Å². The summed E-state index contributed by atoms with van der Waals surface area (Å²) in [5.74, 6) is 1.45. The molecule has 0 bridgehead atoms. The number of hydrogen-bond acceptors (Lipinski definition) is 4. The second kappa shape index (κ2) is 5.46. The van der Waals surface area contributed by atoms with Crippen LogP contribution in [0.5, 0.6) is 11.5 Å². The molecule has 3 rings (SSSR count). The van der Waals surface area contributed by atoms with E-state index in [4.69, 9.17) is 14.6 Å². The molecule has 1 aliphatic rings. The molecule has 0 unspecified atom stereocenters. The molecule has 1 aliphatic heterocycles. The summed E-state index contributed by atoms with van der Waals surface area (Å²) in [5, 5.41) is 8.84. The molecule has 0 amide bonds. The van der Waals surface area contributed by atoms with Gasteiger partial charge in [0.2, 0.25) is 6.79 Å². The van der Waals surface area contributed by atoms with E-state index < -0.39 is 5.97 Å². The first-order valence-electron chi connectivity index (χ1n) is 6.07. The molecule has 0 aromatic heterocycles. The Balaban J connectivity index is 1.65. The number of thioether (sulfide) groups is 1. The molecule has 0 fully saturated rings. The van der Waals surface area contributed by atoms with Crippen molar-refractivity contribution in [3.8, 4) is 11.5 Å². The summed E-state index contributed by atoms with van der Waals surface area (Å²) in [4.78, 5) is 11.8. The summed E-state index contributed by atoms with van der Waals surface area (Å²) in [6.45, 7) is 0.280. The molecule has 2 aromatic carbocycles. The Hall–Kier alpha value is -2.14. The minimum atomic E-state index is -0.905. The van der Waals surface area contributed by atoms with Gasteiger partial charge in [-0.3, -0.25) is 0 Å². The fraction of sp³-hybridized carbons (Fsp3) is 0.133. The summed E-state index contributed by atoms with van der Waals surface area (Å²) in [6, 6.07) is 12.8. The maximum absolute atomic E-state index is 10.8. The summed E-state index contributed by atoms with van der Waals surface area (Å²) >= 11 is 1.65. The van der Waals surface area contributed by atoms with E-state index in [1.165, 1.54) is 0 Å². The van der Waals surface area contributed by atoms with Crippen molar-refractivity contribution in [3.63, 3.8) is 0 Å². The van der Waals surface area contributed by atoms with Crippen molar-refractivity contribution in [2.24, 2.45) is 0 Å². The lowest BCUT2D eigenvalue weighted by Gasteiger charge is -2.04. The number of aromatic carboxylic acids is 1. The number of fused-ring (bicyclic) bond motifs is 1. The molecule has 0 saturated heterocycles. The van der Waals surface area contributed by atoms with Gasteiger partial charge >= 0.3 is 5.97 Å². The zero-order valence-electron chi connectivity index (χ0n) is 10.5. The largest absolute Gasteiger partial charge is 0.478 e. The van der Waals surface area contributed by atoms with Gasteiger partial charge in [-0.25, -0.2) is 4.79 Å². The highest BCUT2D eigenvalue weighted by atomic mass is 32.2. The predicted octanol–water partition coefficient (Wildman–Crippen LogP) is 3.41. The second-order valence-corrected chi connectivity index (χ2v) is 5.35. The van der Waals surface area contributed by atoms with Crippen LogP contribution in [-0.2, 0) is 5.75 Å². The molecule has 4 nitrogen and oxygen atoms in total. The van der Waals surface area contributed by atoms with Crippen LogP contribution in [0.1, 0.15) is 15.9 Å². The molecule has 0 saturated carbocycles. The minimum Gasteiger partial charge on any atom is -0.478 e. The smallest absolute Gasteiger partial charge is 0.335 e. The summed E-state index contributed by atoms with van der Waals surface area (Å²) < 4.78 is 10.6. The van der Waals surface area contributed by atoms with Gasteiger partial charge < -0.3 is 14.6 Å². The van der Waals surface area contributed by atoms with Crippen molar-refractivity contribution in [1.82, 2.24) is 0 Å². The number of hydrogen-bond donors (Lipinski definition) is 1. The van der Waals surface area contributed by atoms with E-state index in [1.54, 1.807) is 23.9 Å². The van der Waals surface area contributed by atoms with Crippen molar-refractivity contribution in [1.29, 1.82) is 0 Å². The van der Waals surface area contributed by atoms with Gasteiger partial charge in [0, 0.05) is 10.6 Å².